The van der Waals surface area contributed by atoms with Crippen LogP contribution in [-0.4, -0.2) is 72.2 Å². The average Bonchev–Trinajstić information content (AvgIpc) is 3.24. The Kier molecular flexibility index (Phi) is 28.3. The molecule has 0 bridgehead atoms. The second kappa shape index (κ2) is 28.5. The molecule has 0 aliphatic carbocycles. The number of hydrogen-bond acceptors (Lipinski definition) is 11. The Balaban J connectivity index is -0.00000115. The summed E-state index contributed by atoms with van der Waals surface area (Å²) in [5, 5.41) is 39.4. The Morgan fingerprint density at radius 2 is 0.972 bits per heavy atom. The maximum atomic E-state index is 14.3. The van der Waals surface area contributed by atoms with Crippen molar-refractivity contribution in [1.82, 2.24) is 0 Å². The van der Waals surface area contributed by atoms with E-state index in [2.05, 4.69) is 42.1 Å². The van der Waals surface area contributed by atoms with Crippen molar-refractivity contribution in [2.45, 2.75) is 36.0 Å². The standard InChI is InChI=1S/C17H9BrClF7N2O4.C16H6BrClF8N2O3.CH2O3.CH4O.2K.H/c1-32-13-8(3-2-4-11(13)28(30)31)14(29)27-12-9(18)5-7(6-10(12)19)15(20,16(21,22)23)17(24,25)26;17-8-4-6(14(20,15(21,22)23)16(24,25)26)5-9(18)12(8)27-13(29)7-2-1-3-10(11(7)19)28(30)31;2-1-4-3;1-2;;;/h2-6H,1H3,(H,27,29);1-5H,(H,27,29);1,3H;2H,1H3;;;/q;;;;2*+1;-1/p-1. The minimum Gasteiger partial charge on any atom is -1.00 e. The molecule has 0 spiro atoms. The molecular formula is C35H21Br2Cl2F15K2N4O11. The topological polar surface area (TPSA) is 223 Å². The van der Waals surface area contributed by atoms with E-state index < -0.39 is 128 Å². The quantitative estimate of drug-likeness (QED) is 0.0455. The van der Waals surface area contributed by atoms with Gasteiger partial charge in [-0.25, -0.2) is 8.78 Å². The molecule has 4 aromatic carbocycles. The van der Waals surface area contributed by atoms with Crippen molar-refractivity contribution >= 4 is 96.1 Å². The van der Waals surface area contributed by atoms with Crippen LogP contribution in [0.15, 0.2) is 69.6 Å². The molecule has 0 aliphatic rings. The van der Waals surface area contributed by atoms with Gasteiger partial charge in [-0.3, -0.25) is 34.6 Å². The number of para-hydroxylation sites is 1. The number of carbonyl (C=O) groups is 3. The zero-order chi connectivity index (χ0) is 54.0. The SMILES string of the molecule is CO.COc1c(C(=O)Nc2c(Cl)cc(C(F)(C(F)(F)F)C(F)(F)F)cc2Br)cccc1[N+](=O)[O-].O=C(Nc1c(Cl)cc(C(F)(C(F)(F)F)C(F)(F)F)cc1Br)c1cccc([N+](=O)[O-])c1F.O=CO[O-].[H-].[K+].[K+]. The molecule has 4 aromatic rings. The van der Waals surface area contributed by atoms with Gasteiger partial charge in [0.05, 0.1) is 49.5 Å². The minimum absolute atomic E-state index is 0. The normalized spacial score (nSPS) is 11.5. The predicted molar refractivity (Wildman–Crippen MR) is 213 cm³/mol. The third-order valence-electron chi connectivity index (χ3n) is 8.02. The van der Waals surface area contributed by atoms with Gasteiger partial charge in [-0.1, -0.05) is 35.3 Å². The number of ether oxygens (including phenoxy) is 1. The molecular weight excluding hydrogens is 1250 g/mol. The molecule has 4 rings (SSSR count). The van der Waals surface area contributed by atoms with Gasteiger partial charge in [-0.05, 0) is 68.3 Å². The number of aliphatic hydroxyl groups excluding tert-OH is 1. The summed E-state index contributed by atoms with van der Waals surface area (Å²) in [5.41, 5.74) is -19.4. The third-order valence-corrected chi connectivity index (χ3v) is 9.86. The van der Waals surface area contributed by atoms with Crippen molar-refractivity contribution in [2.24, 2.45) is 0 Å². The molecule has 0 saturated carbocycles. The van der Waals surface area contributed by atoms with Crippen molar-refractivity contribution in [3.63, 3.8) is 0 Å². The molecule has 0 saturated heterocycles. The van der Waals surface area contributed by atoms with E-state index in [1.165, 1.54) is 0 Å². The van der Waals surface area contributed by atoms with Crippen LogP contribution in [0, 0.1) is 26.0 Å². The Labute approximate surface area is 498 Å². The van der Waals surface area contributed by atoms with E-state index in [-0.39, 0.29) is 140 Å². The first-order valence-corrected chi connectivity index (χ1v) is 19.0. The van der Waals surface area contributed by atoms with Gasteiger partial charge in [0, 0.05) is 39.3 Å². The zero-order valence-corrected chi connectivity index (χ0v) is 45.9. The van der Waals surface area contributed by atoms with Crippen LogP contribution in [0.4, 0.5) is 88.6 Å². The van der Waals surface area contributed by atoms with Gasteiger partial charge >= 0.3 is 150 Å². The van der Waals surface area contributed by atoms with Crippen molar-refractivity contribution in [3.8, 4) is 5.75 Å². The summed E-state index contributed by atoms with van der Waals surface area (Å²) >= 11 is 16.6. The van der Waals surface area contributed by atoms with Crippen molar-refractivity contribution in [3.05, 3.63) is 128 Å². The Bertz CT molecular complexity index is 2500. The van der Waals surface area contributed by atoms with Crippen LogP contribution < -0.4 is 123 Å². The molecule has 0 heterocycles. The number of rotatable bonds is 10. The number of carbonyl (C=O) groups excluding carboxylic acids is 3. The van der Waals surface area contributed by atoms with Gasteiger partial charge in [-0.2, -0.15) is 57.1 Å². The fourth-order valence-corrected chi connectivity index (χ4v) is 6.90. The van der Waals surface area contributed by atoms with Crippen molar-refractivity contribution < 1.29 is 214 Å². The monoisotopic (exact) mass is 1260 g/mol. The van der Waals surface area contributed by atoms with E-state index in [1.807, 2.05) is 5.32 Å². The number of aliphatic hydroxyl groups is 1. The minimum atomic E-state index is -6.40. The van der Waals surface area contributed by atoms with E-state index in [0.29, 0.717) is 0 Å². The molecule has 0 aliphatic heterocycles. The van der Waals surface area contributed by atoms with Crippen LogP contribution in [0.3, 0.4) is 0 Å². The van der Waals surface area contributed by atoms with Crippen LogP contribution in [0.5, 0.6) is 5.75 Å². The number of amides is 2. The largest absolute Gasteiger partial charge is 1.00 e. The predicted octanol–water partition coefficient (Wildman–Crippen LogP) is 5.42. The number of anilines is 2. The fraction of sp³-hybridized carbons (Fsp3) is 0.229. The summed E-state index contributed by atoms with van der Waals surface area (Å²) in [5.74, 6) is -4.48. The van der Waals surface area contributed by atoms with Gasteiger partial charge in [0.1, 0.15) is 0 Å². The molecule has 0 radical (unpaired) electrons. The number of nitro benzene ring substituents is 2. The van der Waals surface area contributed by atoms with Gasteiger partial charge < -0.3 is 32.0 Å². The Morgan fingerprint density at radius 1 is 0.662 bits per heavy atom. The van der Waals surface area contributed by atoms with Crippen LogP contribution in [0.25, 0.3) is 0 Å². The zero-order valence-electron chi connectivity index (χ0n) is 36.0. The molecule has 36 heteroatoms. The molecule has 382 valence electrons. The summed E-state index contributed by atoms with van der Waals surface area (Å²) in [6.45, 7) is -0.181. The van der Waals surface area contributed by atoms with Crippen LogP contribution in [0.1, 0.15) is 33.3 Å². The van der Waals surface area contributed by atoms with E-state index >= 15 is 0 Å². The van der Waals surface area contributed by atoms with Crippen LogP contribution >= 0.6 is 55.1 Å². The molecule has 15 nitrogen and oxygen atoms in total. The van der Waals surface area contributed by atoms with E-state index in [1.54, 1.807) is 0 Å². The molecule has 0 unspecified atom stereocenters. The maximum Gasteiger partial charge on any atom is 1.00 e. The molecule has 0 fully saturated rings. The Morgan fingerprint density at radius 3 is 1.25 bits per heavy atom. The molecule has 2 amide bonds. The van der Waals surface area contributed by atoms with Gasteiger partial charge in [0.2, 0.25) is 11.6 Å². The maximum absolute atomic E-state index is 14.3. The molecule has 71 heavy (non-hydrogen) atoms. The number of methoxy groups -OCH3 is 1. The number of hydrogen-bond donors (Lipinski definition) is 3. The summed E-state index contributed by atoms with van der Waals surface area (Å²) < 4.78 is 201. The first kappa shape index (κ1) is 70.6. The Hall–Kier alpha value is -2.43. The summed E-state index contributed by atoms with van der Waals surface area (Å²) in [6.07, 6.45) is -25.5. The van der Waals surface area contributed by atoms with Gasteiger partial charge in [-0.15, -0.1) is 0 Å². The summed E-state index contributed by atoms with van der Waals surface area (Å²) in [4.78, 5) is 55.9. The third kappa shape index (κ3) is 16.5. The van der Waals surface area contributed by atoms with E-state index in [9.17, 15) is 95.7 Å². The summed E-state index contributed by atoms with van der Waals surface area (Å²) in [6, 6.07) is 6.12. The molecule has 0 atom stereocenters. The van der Waals surface area contributed by atoms with Crippen molar-refractivity contribution in [1.29, 1.82) is 0 Å². The first-order chi connectivity index (χ1) is 31.5. The fourth-order valence-electron chi connectivity index (χ4n) is 5.02. The molecule has 3 N–H and O–H groups in total. The second-order valence-corrected chi connectivity index (χ2v) is 14.6. The van der Waals surface area contributed by atoms with E-state index in [4.69, 9.17) is 43.1 Å². The number of nitrogens with one attached hydrogen (secondary N) is 2. The molecule has 0 aromatic heterocycles. The first-order valence-electron chi connectivity index (χ1n) is 16.7. The average molecular weight is 1270 g/mol. The van der Waals surface area contributed by atoms with Gasteiger partial charge in [0.25, 0.3) is 18.3 Å². The second-order valence-electron chi connectivity index (χ2n) is 12.0. The summed E-state index contributed by atoms with van der Waals surface area (Å²) in [7, 11) is 2.03. The number of benzene rings is 4. The van der Waals surface area contributed by atoms with Gasteiger partial charge in [0.15, 0.2) is 0 Å². The van der Waals surface area contributed by atoms with E-state index in [0.717, 1.165) is 50.6 Å². The number of nitro groups is 2. The number of alkyl halides is 14. The van der Waals surface area contributed by atoms with Crippen LogP contribution in [-0.2, 0) is 21.0 Å². The smallest absolute Gasteiger partial charge is 1.00 e. The van der Waals surface area contributed by atoms with Crippen LogP contribution in [0.2, 0.25) is 10.0 Å². The number of halogens is 19. The van der Waals surface area contributed by atoms with Crippen molar-refractivity contribution in [2.75, 3.05) is 24.9 Å². The number of nitrogens with zero attached hydrogens (tertiary/aromatic N) is 2.